The van der Waals surface area contributed by atoms with Gasteiger partial charge in [-0.3, -0.25) is 14.6 Å². The number of nitrogens with zero attached hydrogens (tertiary/aromatic N) is 5. The largest absolute Gasteiger partial charge is 0.328 e. The number of hydrogen-bond donors (Lipinski definition) is 0. The molecule has 0 aromatic heterocycles. The maximum absolute atomic E-state index is 14.3. The van der Waals surface area contributed by atoms with E-state index in [0.717, 1.165) is 29.3 Å². The molecule has 9 heteroatoms. The van der Waals surface area contributed by atoms with E-state index in [9.17, 15) is 14.0 Å². The smallest absolute Gasteiger partial charge is 0.315 e. The maximum Gasteiger partial charge on any atom is 0.328 e. The summed E-state index contributed by atoms with van der Waals surface area (Å²) in [7, 11) is 1.62. The van der Waals surface area contributed by atoms with Crippen LogP contribution in [0.3, 0.4) is 0 Å². The number of urea groups is 1. The molecule has 1 fully saturated rings. The normalized spacial score (nSPS) is 23.9. The van der Waals surface area contributed by atoms with Gasteiger partial charge in [-0.1, -0.05) is 24.6 Å². The van der Waals surface area contributed by atoms with Gasteiger partial charge < -0.3 is 9.80 Å². The monoisotopic (exact) mass is 419 g/mol. The number of guanidine groups is 1. The predicted molar refractivity (Wildman–Crippen MR) is 107 cm³/mol. The van der Waals surface area contributed by atoms with E-state index in [0.29, 0.717) is 5.96 Å². The van der Waals surface area contributed by atoms with Crippen LogP contribution in [0.15, 0.2) is 34.6 Å². The van der Waals surface area contributed by atoms with Crippen LogP contribution in [0.25, 0.3) is 0 Å². The van der Waals surface area contributed by atoms with Gasteiger partial charge in [0, 0.05) is 35.6 Å². The van der Waals surface area contributed by atoms with Gasteiger partial charge in [0.05, 0.1) is 6.54 Å². The lowest BCUT2D eigenvalue weighted by Crippen LogP contribution is -2.64. The van der Waals surface area contributed by atoms with Gasteiger partial charge in [0.2, 0.25) is 5.96 Å². The van der Waals surface area contributed by atoms with E-state index in [1.54, 1.807) is 13.1 Å². The van der Waals surface area contributed by atoms with Crippen molar-refractivity contribution in [3.63, 3.8) is 0 Å². The minimum atomic E-state index is -0.671. The number of aliphatic imine (C=N–C) groups is 1. The molecule has 0 saturated carbocycles. The Labute approximate surface area is 174 Å². The van der Waals surface area contributed by atoms with Gasteiger partial charge in [-0.05, 0) is 32.4 Å². The summed E-state index contributed by atoms with van der Waals surface area (Å²) in [6.45, 7) is 6.58. The number of hydrogen-bond acceptors (Lipinski definition) is 5. The number of benzene rings is 1. The third-order valence-corrected chi connectivity index (χ3v) is 6.18. The van der Waals surface area contributed by atoms with Crippen molar-refractivity contribution in [1.29, 1.82) is 0 Å². The highest BCUT2D eigenvalue weighted by atomic mass is 35.5. The number of carbonyl (C=O) groups is 2. The lowest BCUT2D eigenvalue weighted by atomic mass is 10.1. The molecule has 0 N–H and O–H groups in total. The topological polar surface area (TPSA) is 59.5 Å². The number of fused-ring (bicyclic) bond motifs is 3. The molecule has 1 saturated heterocycles. The third kappa shape index (κ3) is 2.80. The number of halogens is 2. The fraction of sp³-hybridized carbons (Fsp3) is 0.450. The van der Waals surface area contributed by atoms with Crippen LogP contribution in [0, 0.1) is 5.82 Å². The van der Waals surface area contributed by atoms with Gasteiger partial charge >= 0.3 is 6.03 Å². The first-order valence-corrected chi connectivity index (χ1v) is 9.98. The molecule has 4 rings (SSSR count). The number of carbonyl (C=O) groups excluding carboxylic acids is 2. The number of rotatable bonds is 4. The Kier molecular flexibility index (Phi) is 4.77. The van der Waals surface area contributed by atoms with Crippen LogP contribution < -0.4 is 0 Å². The first-order chi connectivity index (χ1) is 13.8. The maximum atomic E-state index is 14.3. The Morgan fingerprint density at radius 2 is 1.90 bits per heavy atom. The minimum absolute atomic E-state index is 0.124. The molecule has 3 aliphatic rings. The van der Waals surface area contributed by atoms with Crippen LogP contribution >= 0.6 is 11.6 Å². The van der Waals surface area contributed by atoms with Crippen molar-refractivity contribution in [3.8, 4) is 0 Å². The highest BCUT2D eigenvalue weighted by Crippen LogP contribution is 2.38. The molecular formula is C20H23ClFN5O2. The average molecular weight is 420 g/mol. The summed E-state index contributed by atoms with van der Waals surface area (Å²) in [6.07, 6.45) is 0.313. The summed E-state index contributed by atoms with van der Waals surface area (Å²) in [6, 6.07) is 3.12. The van der Waals surface area contributed by atoms with Gasteiger partial charge in [-0.25, -0.2) is 14.2 Å². The second kappa shape index (κ2) is 7.02. The summed E-state index contributed by atoms with van der Waals surface area (Å²) < 4.78 is 14.3. The molecule has 1 aromatic carbocycles. The molecule has 0 radical (unpaired) electrons. The van der Waals surface area contributed by atoms with E-state index < -0.39 is 30.0 Å². The van der Waals surface area contributed by atoms with Crippen LogP contribution in [0.5, 0.6) is 0 Å². The van der Waals surface area contributed by atoms with Crippen molar-refractivity contribution in [2.24, 2.45) is 4.99 Å². The lowest BCUT2D eigenvalue weighted by molar-refractivity contribution is -0.137. The molecule has 7 nitrogen and oxygen atoms in total. The zero-order valence-electron chi connectivity index (χ0n) is 16.8. The van der Waals surface area contributed by atoms with E-state index >= 15 is 0 Å². The Bertz CT molecular complexity index is 942. The molecular weight excluding hydrogens is 397 g/mol. The number of imide groups is 1. The molecule has 0 spiro atoms. The summed E-state index contributed by atoms with van der Waals surface area (Å²) in [5, 5.41) is 0.181. The number of amides is 3. The predicted octanol–water partition coefficient (Wildman–Crippen LogP) is 3.22. The summed E-state index contributed by atoms with van der Waals surface area (Å²) >= 11 is 6.13. The van der Waals surface area contributed by atoms with Crippen LogP contribution in [-0.4, -0.2) is 63.3 Å². The van der Waals surface area contributed by atoms with Crippen molar-refractivity contribution >= 4 is 29.5 Å². The fourth-order valence-electron chi connectivity index (χ4n) is 4.16. The molecule has 1 aromatic rings. The van der Waals surface area contributed by atoms with Gasteiger partial charge in [0.15, 0.2) is 12.2 Å². The number of allylic oxidation sites excluding steroid dienone is 2. The first-order valence-electron chi connectivity index (χ1n) is 9.61. The highest BCUT2D eigenvalue weighted by Gasteiger charge is 2.55. The molecule has 3 aliphatic heterocycles. The lowest BCUT2D eigenvalue weighted by Gasteiger charge is -2.40. The molecule has 29 heavy (non-hydrogen) atoms. The second-order valence-corrected chi connectivity index (χ2v) is 7.91. The SMILES string of the molecule is CCCN1C2=NC3C(C(=O)N(Cc4c(F)cccc4Cl)C(=O)N3C)N2C(C)=C1C. The average Bonchev–Trinajstić information content (AvgIpc) is 3.18. The second-order valence-electron chi connectivity index (χ2n) is 7.50. The van der Waals surface area contributed by atoms with E-state index in [-0.39, 0.29) is 17.1 Å². The van der Waals surface area contributed by atoms with E-state index in [4.69, 9.17) is 16.6 Å². The van der Waals surface area contributed by atoms with Crippen LogP contribution in [0.4, 0.5) is 9.18 Å². The van der Waals surface area contributed by atoms with Crippen LogP contribution in [-0.2, 0) is 11.3 Å². The van der Waals surface area contributed by atoms with Crippen molar-refractivity contribution < 1.29 is 14.0 Å². The van der Waals surface area contributed by atoms with E-state index in [2.05, 4.69) is 11.8 Å². The molecule has 2 atom stereocenters. The van der Waals surface area contributed by atoms with Gasteiger partial charge in [-0.2, -0.15) is 0 Å². The Hall–Kier alpha value is -2.61. The van der Waals surface area contributed by atoms with Crippen molar-refractivity contribution in [2.45, 2.75) is 45.9 Å². The van der Waals surface area contributed by atoms with Gasteiger partial charge in [0.25, 0.3) is 5.91 Å². The summed E-state index contributed by atoms with van der Waals surface area (Å²) in [4.78, 5) is 37.5. The van der Waals surface area contributed by atoms with Gasteiger partial charge in [-0.15, -0.1) is 0 Å². The van der Waals surface area contributed by atoms with Gasteiger partial charge in [0.1, 0.15) is 5.82 Å². The molecule has 3 amide bonds. The number of likely N-dealkylation sites (N-methyl/N-ethyl adjacent to an activating group) is 1. The molecule has 0 aliphatic carbocycles. The Balaban J connectivity index is 1.70. The minimum Gasteiger partial charge on any atom is -0.315 e. The summed E-state index contributed by atoms with van der Waals surface area (Å²) in [5.74, 6) is -0.259. The van der Waals surface area contributed by atoms with Crippen LogP contribution in [0.2, 0.25) is 5.02 Å². The Morgan fingerprint density at radius 3 is 2.55 bits per heavy atom. The van der Waals surface area contributed by atoms with Crippen LogP contribution in [0.1, 0.15) is 32.8 Å². The highest BCUT2D eigenvalue weighted by molar-refractivity contribution is 6.31. The molecule has 0 bridgehead atoms. The zero-order valence-corrected chi connectivity index (χ0v) is 17.6. The molecule has 3 heterocycles. The quantitative estimate of drug-likeness (QED) is 0.751. The fourth-order valence-corrected chi connectivity index (χ4v) is 4.38. The van der Waals surface area contributed by atoms with Crippen molar-refractivity contribution in [1.82, 2.24) is 19.6 Å². The Morgan fingerprint density at radius 1 is 1.17 bits per heavy atom. The van der Waals surface area contributed by atoms with Crippen molar-refractivity contribution in [3.05, 3.63) is 46.0 Å². The third-order valence-electron chi connectivity index (χ3n) is 5.83. The summed E-state index contributed by atoms with van der Waals surface area (Å²) in [5.41, 5.74) is 2.10. The standard InChI is InChI=1S/C20H23ClFN5O2/c1-5-9-25-11(2)12(3)27-16-17(23-19(25)27)24(4)20(29)26(18(16)28)10-13-14(21)7-6-8-15(13)22/h6-8,16-17H,5,9-10H2,1-4H3. The first kappa shape index (κ1) is 19.7. The van der Waals surface area contributed by atoms with E-state index in [1.807, 2.05) is 18.7 Å². The zero-order chi connectivity index (χ0) is 21.0. The van der Waals surface area contributed by atoms with Crippen molar-refractivity contribution in [2.75, 3.05) is 13.6 Å². The molecule has 2 unspecified atom stereocenters. The van der Waals surface area contributed by atoms with E-state index in [1.165, 1.54) is 17.0 Å². The molecule has 154 valence electrons.